The molecule has 0 radical (unpaired) electrons. The minimum absolute atomic E-state index is 0.0507. The number of hydrogen-bond donors (Lipinski definition) is 1. The molecule has 2 fully saturated rings. The highest BCUT2D eigenvalue weighted by Gasteiger charge is 2.33. The zero-order chi connectivity index (χ0) is 30.4. The number of piperidine rings is 1. The van der Waals surface area contributed by atoms with Crippen LogP contribution in [0.2, 0.25) is 0 Å². The molecule has 3 aromatic rings. The third-order valence-electron chi connectivity index (χ3n) is 8.50. The Bertz CT molecular complexity index is 1350. The largest absolute Gasteiger partial charge is 0.489 e. The summed E-state index contributed by atoms with van der Waals surface area (Å²) in [5, 5.41) is 3.24. The minimum atomic E-state index is -4.37. The van der Waals surface area contributed by atoms with E-state index in [0.29, 0.717) is 31.8 Å². The molecule has 2 aliphatic heterocycles. The van der Waals surface area contributed by atoms with Crippen LogP contribution in [0.4, 0.5) is 24.5 Å². The molecule has 2 aliphatic rings. The number of carbonyl (C=O) groups excluding carboxylic acids is 1. The number of carbonyl (C=O) groups is 1. The van der Waals surface area contributed by atoms with E-state index in [1.54, 1.807) is 6.07 Å². The molecule has 1 amide bonds. The van der Waals surface area contributed by atoms with Crippen molar-refractivity contribution in [3.8, 4) is 5.75 Å². The average molecular weight is 595 g/mol. The highest BCUT2D eigenvalue weighted by molar-refractivity contribution is 5.76. The fourth-order valence-electron chi connectivity index (χ4n) is 5.77. The summed E-state index contributed by atoms with van der Waals surface area (Å²) < 4.78 is 45.7. The third-order valence-corrected chi connectivity index (χ3v) is 8.50. The van der Waals surface area contributed by atoms with Crippen molar-refractivity contribution < 1.29 is 22.7 Å². The number of hydrogen-bond acceptors (Lipinski definition) is 5. The van der Waals surface area contributed by atoms with Gasteiger partial charge < -0.3 is 19.9 Å². The summed E-state index contributed by atoms with van der Waals surface area (Å²) >= 11 is 0. The fraction of sp³-hybridized carbons (Fsp3) is 0.441. The standard InChI is InChI=1S/C34H41F3N4O2/c1-25-3-6-27(7-4-25)24-43-31-11-9-30(10-12-31)40-21-19-39(20-22-40)16-15-33(42)41-17-13-28(14-18-41)38-29-8-5-26(2)32(23-29)34(35,36)37/h3-12,23,28,38H,13-22,24H2,1-2H3. The Labute approximate surface area is 252 Å². The Kier molecular flexibility index (Phi) is 9.80. The second-order valence-electron chi connectivity index (χ2n) is 11.7. The first kappa shape index (κ1) is 30.7. The van der Waals surface area contributed by atoms with E-state index in [9.17, 15) is 18.0 Å². The molecule has 0 bridgehead atoms. The second-order valence-corrected chi connectivity index (χ2v) is 11.7. The summed E-state index contributed by atoms with van der Waals surface area (Å²) in [6, 6.07) is 21.0. The van der Waals surface area contributed by atoms with Crippen LogP contribution >= 0.6 is 0 Å². The van der Waals surface area contributed by atoms with Crippen molar-refractivity contribution in [3.05, 3.63) is 89.0 Å². The molecule has 0 unspecified atom stereocenters. The van der Waals surface area contributed by atoms with Gasteiger partial charge in [-0.05, 0) is 74.2 Å². The van der Waals surface area contributed by atoms with E-state index in [0.717, 1.165) is 56.9 Å². The zero-order valence-corrected chi connectivity index (χ0v) is 25.0. The van der Waals surface area contributed by atoms with Gasteiger partial charge in [-0.1, -0.05) is 35.9 Å². The fourth-order valence-corrected chi connectivity index (χ4v) is 5.77. The lowest BCUT2D eigenvalue weighted by molar-refractivity contribution is -0.138. The molecule has 0 spiro atoms. The molecule has 1 N–H and O–H groups in total. The van der Waals surface area contributed by atoms with Crippen molar-refractivity contribution in [2.75, 3.05) is 56.0 Å². The summed E-state index contributed by atoms with van der Waals surface area (Å²) in [5.41, 5.74) is 3.65. The van der Waals surface area contributed by atoms with E-state index >= 15 is 0 Å². The Balaban J connectivity index is 0.996. The summed E-state index contributed by atoms with van der Waals surface area (Å²) in [6.07, 6.45) is -2.45. The van der Waals surface area contributed by atoms with Gasteiger partial charge in [-0.2, -0.15) is 13.2 Å². The normalized spacial score (nSPS) is 16.8. The van der Waals surface area contributed by atoms with Crippen LogP contribution in [0.15, 0.2) is 66.7 Å². The number of alkyl halides is 3. The molecule has 6 nitrogen and oxygen atoms in total. The lowest BCUT2D eigenvalue weighted by Gasteiger charge is -2.37. The van der Waals surface area contributed by atoms with Gasteiger partial charge in [0.25, 0.3) is 0 Å². The Morgan fingerprint density at radius 1 is 0.884 bits per heavy atom. The van der Waals surface area contributed by atoms with Gasteiger partial charge in [-0.15, -0.1) is 0 Å². The molecule has 0 atom stereocenters. The monoisotopic (exact) mass is 594 g/mol. The van der Waals surface area contributed by atoms with Gasteiger partial charge in [0.1, 0.15) is 12.4 Å². The van der Waals surface area contributed by atoms with Crippen molar-refractivity contribution in [1.29, 1.82) is 0 Å². The minimum Gasteiger partial charge on any atom is -0.489 e. The van der Waals surface area contributed by atoms with E-state index < -0.39 is 11.7 Å². The van der Waals surface area contributed by atoms with E-state index in [2.05, 4.69) is 58.4 Å². The molecule has 43 heavy (non-hydrogen) atoms. The smallest absolute Gasteiger partial charge is 0.416 e. The molecule has 5 rings (SSSR count). The third kappa shape index (κ3) is 8.44. The molecule has 0 aliphatic carbocycles. The topological polar surface area (TPSA) is 48.1 Å². The van der Waals surface area contributed by atoms with Crippen LogP contribution in [-0.2, 0) is 17.6 Å². The quantitative estimate of drug-likeness (QED) is 0.306. The highest BCUT2D eigenvalue weighted by Crippen LogP contribution is 2.34. The number of amides is 1. The van der Waals surface area contributed by atoms with Crippen LogP contribution < -0.4 is 15.0 Å². The molecule has 0 saturated carbocycles. The number of ether oxygens (including phenoxy) is 1. The number of piperazine rings is 1. The molecule has 3 aromatic carbocycles. The molecular formula is C34H41F3N4O2. The van der Waals surface area contributed by atoms with Crippen molar-refractivity contribution in [2.45, 2.75) is 51.9 Å². The molecule has 0 aromatic heterocycles. The summed E-state index contributed by atoms with van der Waals surface area (Å²) in [7, 11) is 0. The number of rotatable bonds is 9. The van der Waals surface area contributed by atoms with Gasteiger partial charge in [-0.3, -0.25) is 9.69 Å². The predicted octanol–water partition coefficient (Wildman–Crippen LogP) is 6.52. The maximum Gasteiger partial charge on any atom is 0.416 e. The SMILES string of the molecule is Cc1ccc(COc2ccc(N3CCN(CCC(=O)N4CCC(Nc5ccc(C)c(C(F)(F)F)c5)CC4)CC3)cc2)cc1. The van der Waals surface area contributed by atoms with Crippen LogP contribution in [0, 0.1) is 13.8 Å². The maximum atomic E-state index is 13.3. The van der Waals surface area contributed by atoms with Crippen molar-refractivity contribution in [1.82, 2.24) is 9.80 Å². The molecule has 2 saturated heterocycles. The van der Waals surface area contributed by atoms with Crippen LogP contribution in [0.3, 0.4) is 0 Å². The predicted molar refractivity (Wildman–Crippen MR) is 165 cm³/mol. The highest BCUT2D eigenvalue weighted by atomic mass is 19.4. The van der Waals surface area contributed by atoms with Crippen LogP contribution in [0.1, 0.15) is 41.5 Å². The Hall–Kier alpha value is -3.72. The van der Waals surface area contributed by atoms with Gasteiger partial charge in [0, 0.05) is 69.7 Å². The average Bonchev–Trinajstić information content (AvgIpc) is 3.01. The zero-order valence-electron chi connectivity index (χ0n) is 25.0. The molecule has 230 valence electrons. The number of aryl methyl sites for hydroxylation is 2. The van der Waals surface area contributed by atoms with E-state index in [1.165, 1.54) is 30.3 Å². The lowest BCUT2D eigenvalue weighted by Crippen LogP contribution is -2.48. The Morgan fingerprint density at radius 2 is 1.56 bits per heavy atom. The van der Waals surface area contributed by atoms with Gasteiger partial charge >= 0.3 is 6.18 Å². The summed E-state index contributed by atoms with van der Waals surface area (Å²) in [6.45, 7) is 9.69. The first-order chi connectivity index (χ1) is 20.6. The molecular weight excluding hydrogens is 553 g/mol. The van der Waals surface area contributed by atoms with E-state index in [4.69, 9.17) is 4.74 Å². The lowest BCUT2D eigenvalue weighted by atomic mass is 10.0. The molecule has 2 heterocycles. The van der Waals surface area contributed by atoms with Crippen LogP contribution in [-0.4, -0.2) is 67.6 Å². The number of likely N-dealkylation sites (tertiary alicyclic amines) is 1. The van der Waals surface area contributed by atoms with E-state index in [-0.39, 0.29) is 17.5 Å². The van der Waals surface area contributed by atoms with Gasteiger partial charge in [0.05, 0.1) is 5.56 Å². The van der Waals surface area contributed by atoms with Gasteiger partial charge in [0.2, 0.25) is 5.91 Å². The summed E-state index contributed by atoms with van der Waals surface area (Å²) in [4.78, 5) is 19.5. The first-order valence-corrected chi connectivity index (χ1v) is 15.1. The van der Waals surface area contributed by atoms with Crippen molar-refractivity contribution in [3.63, 3.8) is 0 Å². The molecule has 9 heteroatoms. The first-order valence-electron chi connectivity index (χ1n) is 15.1. The maximum absolute atomic E-state index is 13.3. The van der Waals surface area contributed by atoms with Gasteiger partial charge in [0.15, 0.2) is 0 Å². The number of benzene rings is 3. The van der Waals surface area contributed by atoms with Gasteiger partial charge in [-0.25, -0.2) is 0 Å². The van der Waals surface area contributed by atoms with E-state index in [1.807, 2.05) is 17.0 Å². The van der Waals surface area contributed by atoms with Crippen molar-refractivity contribution in [2.24, 2.45) is 0 Å². The Morgan fingerprint density at radius 3 is 2.21 bits per heavy atom. The number of nitrogens with one attached hydrogen (secondary N) is 1. The van der Waals surface area contributed by atoms with Crippen LogP contribution in [0.5, 0.6) is 5.75 Å². The second kappa shape index (κ2) is 13.7. The number of halogens is 3. The number of nitrogens with zero attached hydrogens (tertiary/aromatic N) is 3. The van der Waals surface area contributed by atoms with Crippen LogP contribution in [0.25, 0.3) is 0 Å². The summed E-state index contributed by atoms with van der Waals surface area (Å²) in [5.74, 6) is 1.00. The van der Waals surface area contributed by atoms with Crippen molar-refractivity contribution >= 4 is 17.3 Å². The number of anilines is 2.